The zero-order valence-electron chi connectivity index (χ0n) is 14.7. The fourth-order valence-corrected chi connectivity index (χ4v) is 5.55. The van der Waals surface area contributed by atoms with Gasteiger partial charge in [0.05, 0.1) is 17.6 Å². The van der Waals surface area contributed by atoms with Crippen molar-refractivity contribution >= 4 is 15.7 Å². The van der Waals surface area contributed by atoms with Crippen molar-refractivity contribution < 1.29 is 13.2 Å². The molecule has 0 radical (unpaired) electrons. The Morgan fingerprint density at radius 1 is 1.25 bits per heavy atom. The lowest BCUT2D eigenvalue weighted by molar-refractivity contribution is -0.00524. The molecular formula is C17H27N3O3S. The SMILES string of the molecule is Cc1cc(N(C)C)cc([C@@H]2CN(S(=O)(=O)C3CCCC3)CCO2)n1. The summed E-state index contributed by atoms with van der Waals surface area (Å²) in [7, 11) is 0.742. The van der Waals surface area contributed by atoms with Crippen molar-refractivity contribution in [1.82, 2.24) is 9.29 Å². The van der Waals surface area contributed by atoms with E-state index in [0.717, 1.165) is 42.8 Å². The number of rotatable bonds is 4. The van der Waals surface area contributed by atoms with Gasteiger partial charge in [0.25, 0.3) is 0 Å². The number of ether oxygens (including phenoxy) is 1. The van der Waals surface area contributed by atoms with Gasteiger partial charge in [-0.1, -0.05) is 12.8 Å². The van der Waals surface area contributed by atoms with Gasteiger partial charge in [0.1, 0.15) is 6.10 Å². The van der Waals surface area contributed by atoms with Crippen molar-refractivity contribution in [2.24, 2.45) is 0 Å². The average Bonchev–Trinajstić information content (AvgIpc) is 3.09. The molecule has 0 amide bonds. The van der Waals surface area contributed by atoms with Gasteiger partial charge >= 0.3 is 0 Å². The molecule has 1 aliphatic heterocycles. The molecule has 0 unspecified atom stereocenters. The Morgan fingerprint density at radius 2 is 1.96 bits per heavy atom. The fourth-order valence-electron chi connectivity index (χ4n) is 3.53. The molecule has 24 heavy (non-hydrogen) atoms. The van der Waals surface area contributed by atoms with E-state index in [1.165, 1.54) is 0 Å². The van der Waals surface area contributed by atoms with Crippen LogP contribution in [0.2, 0.25) is 0 Å². The Labute approximate surface area is 144 Å². The van der Waals surface area contributed by atoms with E-state index in [9.17, 15) is 8.42 Å². The third-order valence-electron chi connectivity index (χ3n) is 4.92. The van der Waals surface area contributed by atoms with Crippen molar-refractivity contribution in [1.29, 1.82) is 0 Å². The molecule has 134 valence electrons. The van der Waals surface area contributed by atoms with Crippen molar-refractivity contribution in [3.63, 3.8) is 0 Å². The lowest BCUT2D eigenvalue weighted by Gasteiger charge is -2.34. The summed E-state index contributed by atoms with van der Waals surface area (Å²) in [5, 5.41) is -0.209. The van der Waals surface area contributed by atoms with Crippen LogP contribution in [0.3, 0.4) is 0 Å². The van der Waals surface area contributed by atoms with Gasteiger partial charge in [0, 0.05) is 38.6 Å². The Bertz CT molecular complexity index is 684. The molecule has 2 fully saturated rings. The first kappa shape index (κ1) is 17.6. The van der Waals surface area contributed by atoms with E-state index in [4.69, 9.17) is 4.74 Å². The number of hydrogen-bond acceptors (Lipinski definition) is 5. The van der Waals surface area contributed by atoms with Gasteiger partial charge in [0.15, 0.2) is 0 Å². The minimum atomic E-state index is -3.22. The molecule has 1 saturated heterocycles. The standard InChI is InChI=1S/C17H27N3O3S/c1-13-10-14(19(2)3)11-16(18-13)17-12-20(8-9-23-17)24(21,22)15-6-4-5-7-15/h10-11,15,17H,4-9,12H2,1-3H3/t17-/m0/s1. The van der Waals surface area contributed by atoms with Gasteiger partial charge in [0.2, 0.25) is 10.0 Å². The molecular weight excluding hydrogens is 326 g/mol. The van der Waals surface area contributed by atoms with Crippen LogP contribution in [0, 0.1) is 6.92 Å². The summed E-state index contributed by atoms with van der Waals surface area (Å²) in [6.07, 6.45) is 3.32. The number of pyridine rings is 1. The molecule has 1 saturated carbocycles. The van der Waals surface area contributed by atoms with Gasteiger partial charge < -0.3 is 9.64 Å². The number of aromatic nitrogens is 1. The molecule has 0 aromatic carbocycles. The summed E-state index contributed by atoms with van der Waals surface area (Å²) in [4.78, 5) is 6.60. The molecule has 0 N–H and O–H groups in total. The largest absolute Gasteiger partial charge is 0.378 e. The Balaban J connectivity index is 1.81. The van der Waals surface area contributed by atoms with E-state index in [1.807, 2.05) is 38.1 Å². The van der Waals surface area contributed by atoms with E-state index >= 15 is 0 Å². The van der Waals surface area contributed by atoms with E-state index in [-0.39, 0.29) is 11.4 Å². The molecule has 6 nitrogen and oxygen atoms in total. The number of aryl methyl sites for hydroxylation is 1. The van der Waals surface area contributed by atoms with Gasteiger partial charge in [-0.2, -0.15) is 4.31 Å². The highest BCUT2D eigenvalue weighted by atomic mass is 32.2. The van der Waals surface area contributed by atoms with Crippen LogP contribution in [0.1, 0.15) is 43.2 Å². The first-order chi connectivity index (χ1) is 11.4. The lowest BCUT2D eigenvalue weighted by atomic mass is 10.1. The summed E-state index contributed by atoms with van der Waals surface area (Å²) >= 11 is 0. The second-order valence-corrected chi connectivity index (χ2v) is 9.17. The van der Waals surface area contributed by atoms with Crippen molar-refractivity contribution in [2.45, 2.75) is 44.0 Å². The van der Waals surface area contributed by atoms with Crippen LogP contribution in [0.4, 0.5) is 5.69 Å². The van der Waals surface area contributed by atoms with E-state index in [1.54, 1.807) is 4.31 Å². The van der Waals surface area contributed by atoms with Crippen LogP contribution in [0.15, 0.2) is 12.1 Å². The summed E-state index contributed by atoms with van der Waals surface area (Å²) in [6, 6.07) is 4.00. The zero-order chi connectivity index (χ0) is 17.3. The highest BCUT2D eigenvalue weighted by molar-refractivity contribution is 7.89. The van der Waals surface area contributed by atoms with Crippen LogP contribution < -0.4 is 4.90 Å². The van der Waals surface area contributed by atoms with E-state index in [2.05, 4.69) is 4.98 Å². The average molecular weight is 353 g/mol. The Kier molecular flexibility index (Phi) is 5.13. The molecule has 7 heteroatoms. The summed E-state index contributed by atoms with van der Waals surface area (Å²) in [5.74, 6) is 0. The Hall–Kier alpha value is -1.18. The second-order valence-electron chi connectivity index (χ2n) is 6.95. The fraction of sp³-hybridized carbons (Fsp3) is 0.706. The van der Waals surface area contributed by atoms with E-state index < -0.39 is 10.0 Å². The molecule has 0 bridgehead atoms. The quantitative estimate of drug-likeness (QED) is 0.829. The second kappa shape index (κ2) is 6.98. The molecule has 1 aromatic rings. The van der Waals surface area contributed by atoms with Gasteiger partial charge in [-0.05, 0) is 31.9 Å². The van der Waals surface area contributed by atoms with Crippen LogP contribution in [0.5, 0.6) is 0 Å². The van der Waals surface area contributed by atoms with Gasteiger partial charge in [-0.25, -0.2) is 8.42 Å². The predicted octanol–water partition coefficient (Wildman–Crippen LogP) is 2.10. The van der Waals surface area contributed by atoms with Crippen LogP contribution >= 0.6 is 0 Å². The molecule has 1 atom stereocenters. The monoisotopic (exact) mass is 353 g/mol. The third kappa shape index (κ3) is 3.58. The topological polar surface area (TPSA) is 62.7 Å². The smallest absolute Gasteiger partial charge is 0.217 e. The molecule has 2 aliphatic rings. The molecule has 1 aliphatic carbocycles. The Morgan fingerprint density at radius 3 is 2.62 bits per heavy atom. The summed E-state index contributed by atoms with van der Waals surface area (Å²) < 4.78 is 33.2. The number of anilines is 1. The summed E-state index contributed by atoms with van der Waals surface area (Å²) in [6.45, 7) is 3.18. The predicted molar refractivity (Wildman–Crippen MR) is 94.7 cm³/mol. The lowest BCUT2D eigenvalue weighted by Crippen LogP contribution is -2.45. The third-order valence-corrected chi connectivity index (χ3v) is 7.28. The maximum absolute atomic E-state index is 12.8. The van der Waals surface area contributed by atoms with Crippen molar-refractivity contribution in [3.05, 3.63) is 23.5 Å². The number of nitrogens with zero attached hydrogens (tertiary/aromatic N) is 3. The first-order valence-corrected chi connectivity index (χ1v) is 10.1. The van der Waals surface area contributed by atoms with E-state index in [0.29, 0.717) is 19.7 Å². The van der Waals surface area contributed by atoms with Crippen LogP contribution in [0.25, 0.3) is 0 Å². The highest BCUT2D eigenvalue weighted by Gasteiger charge is 2.37. The van der Waals surface area contributed by atoms with Crippen LogP contribution in [-0.4, -0.2) is 56.7 Å². The molecule has 1 aromatic heterocycles. The minimum Gasteiger partial charge on any atom is -0.378 e. The maximum Gasteiger partial charge on any atom is 0.217 e. The van der Waals surface area contributed by atoms with Gasteiger partial charge in [-0.15, -0.1) is 0 Å². The number of hydrogen-bond donors (Lipinski definition) is 0. The molecule has 0 spiro atoms. The number of sulfonamides is 1. The summed E-state index contributed by atoms with van der Waals surface area (Å²) in [5.41, 5.74) is 2.78. The first-order valence-electron chi connectivity index (χ1n) is 8.64. The minimum absolute atomic E-state index is 0.209. The highest BCUT2D eigenvalue weighted by Crippen LogP contribution is 2.31. The molecule has 2 heterocycles. The van der Waals surface area contributed by atoms with Crippen LogP contribution in [-0.2, 0) is 14.8 Å². The van der Waals surface area contributed by atoms with Crippen molar-refractivity contribution in [3.8, 4) is 0 Å². The maximum atomic E-state index is 12.8. The zero-order valence-corrected chi connectivity index (χ0v) is 15.6. The van der Waals surface area contributed by atoms with Crippen molar-refractivity contribution in [2.75, 3.05) is 38.7 Å². The number of morpholine rings is 1. The molecule has 3 rings (SSSR count). The normalized spacial score (nSPS) is 23.5. The van der Waals surface area contributed by atoms with Gasteiger partial charge in [-0.3, -0.25) is 4.98 Å².